The van der Waals surface area contributed by atoms with E-state index in [1.807, 2.05) is 42.5 Å². The summed E-state index contributed by atoms with van der Waals surface area (Å²) in [6.07, 6.45) is 1.51. The van der Waals surface area contributed by atoms with Crippen molar-refractivity contribution in [1.29, 1.82) is 0 Å². The second-order valence-electron chi connectivity index (χ2n) is 3.62. The molecule has 0 fully saturated rings. The van der Waals surface area contributed by atoms with Crippen LogP contribution in [0.1, 0.15) is 5.56 Å². The molecule has 0 bridgehead atoms. The number of carboxylic acid groups (broad SMARTS) is 1. The summed E-state index contributed by atoms with van der Waals surface area (Å²) in [5.41, 5.74) is 0.808. The van der Waals surface area contributed by atoms with Crippen LogP contribution in [0.15, 0.2) is 48.2 Å². The van der Waals surface area contributed by atoms with Crippen LogP contribution in [-0.2, 0) is 9.53 Å². The van der Waals surface area contributed by atoms with E-state index in [1.165, 1.54) is 13.2 Å². The van der Waals surface area contributed by atoms with Crippen molar-refractivity contribution in [3.63, 3.8) is 0 Å². The van der Waals surface area contributed by atoms with Crippen LogP contribution in [0.3, 0.4) is 0 Å². The third-order valence-corrected chi connectivity index (χ3v) is 2.50. The first-order chi connectivity index (χ1) is 8.20. The fraction of sp³-hybridized carbons (Fsp3) is 0.0714. The number of carboxylic acids is 1. The van der Waals surface area contributed by atoms with E-state index in [4.69, 9.17) is 9.84 Å². The molecule has 2 rings (SSSR count). The molecule has 0 aromatic heterocycles. The van der Waals surface area contributed by atoms with E-state index in [0.717, 1.165) is 16.3 Å². The van der Waals surface area contributed by atoms with Gasteiger partial charge < -0.3 is 9.84 Å². The van der Waals surface area contributed by atoms with Crippen LogP contribution in [0.25, 0.3) is 16.8 Å². The van der Waals surface area contributed by atoms with E-state index >= 15 is 0 Å². The third kappa shape index (κ3) is 2.45. The highest BCUT2D eigenvalue weighted by Gasteiger charge is 2.06. The molecule has 0 heterocycles. The highest BCUT2D eigenvalue weighted by Crippen LogP contribution is 2.17. The highest BCUT2D eigenvalue weighted by atomic mass is 16.5. The lowest BCUT2D eigenvalue weighted by molar-refractivity contribution is -0.135. The molecule has 0 amide bonds. The number of hydrogen-bond acceptors (Lipinski definition) is 2. The first-order valence-corrected chi connectivity index (χ1v) is 5.18. The van der Waals surface area contributed by atoms with Crippen molar-refractivity contribution >= 4 is 22.8 Å². The maximum atomic E-state index is 10.8. The van der Waals surface area contributed by atoms with Gasteiger partial charge in [0.2, 0.25) is 5.76 Å². The number of fused-ring (bicyclic) bond motifs is 1. The Morgan fingerprint density at radius 2 is 1.88 bits per heavy atom. The molecule has 0 unspecified atom stereocenters. The zero-order valence-corrected chi connectivity index (χ0v) is 9.38. The molecule has 0 atom stereocenters. The molecular weight excluding hydrogens is 216 g/mol. The SMILES string of the molecule is CO/C(=C\c1ccc2ccccc2c1)C(=O)O. The van der Waals surface area contributed by atoms with E-state index in [9.17, 15) is 4.79 Å². The fourth-order valence-corrected chi connectivity index (χ4v) is 1.66. The number of hydrogen-bond donors (Lipinski definition) is 1. The van der Waals surface area contributed by atoms with Crippen molar-refractivity contribution in [2.45, 2.75) is 0 Å². The van der Waals surface area contributed by atoms with E-state index in [2.05, 4.69) is 0 Å². The maximum Gasteiger partial charge on any atom is 0.371 e. The van der Waals surface area contributed by atoms with Gasteiger partial charge in [0.05, 0.1) is 7.11 Å². The summed E-state index contributed by atoms with van der Waals surface area (Å²) in [6, 6.07) is 13.7. The van der Waals surface area contributed by atoms with E-state index in [-0.39, 0.29) is 5.76 Å². The van der Waals surface area contributed by atoms with Gasteiger partial charge in [-0.25, -0.2) is 4.79 Å². The minimum absolute atomic E-state index is 0.0692. The zero-order valence-electron chi connectivity index (χ0n) is 9.38. The van der Waals surface area contributed by atoms with Crippen molar-refractivity contribution in [1.82, 2.24) is 0 Å². The normalized spacial score (nSPS) is 11.5. The summed E-state index contributed by atoms with van der Waals surface area (Å²) in [5.74, 6) is -1.14. The van der Waals surface area contributed by atoms with Crippen molar-refractivity contribution in [2.75, 3.05) is 7.11 Å². The van der Waals surface area contributed by atoms with Gasteiger partial charge >= 0.3 is 5.97 Å². The first-order valence-electron chi connectivity index (χ1n) is 5.18. The van der Waals surface area contributed by atoms with E-state index in [1.54, 1.807) is 0 Å². The Morgan fingerprint density at radius 3 is 2.53 bits per heavy atom. The van der Waals surface area contributed by atoms with E-state index in [0.29, 0.717) is 0 Å². The van der Waals surface area contributed by atoms with E-state index < -0.39 is 5.97 Å². The Bertz CT molecular complexity index is 585. The molecule has 17 heavy (non-hydrogen) atoms. The van der Waals surface area contributed by atoms with Crippen molar-refractivity contribution in [3.05, 3.63) is 53.8 Å². The second kappa shape index (κ2) is 4.70. The Morgan fingerprint density at radius 1 is 1.18 bits per heavy atom. The van der Waals surface area contributed by atoms with Crippen LogP contribution in [0, 0.1) is 0 Å². The zero-order chi connectivity index (χ0) is 12.3. The summed E-state index contributed by atoms with van der Waals surface area (Å²) >= 11 is 0. The van der Waals surface area contributed by atoms with Gasteiger partial charge in [-0.05, 0) is 28.5 Å². The molecule has 0 saturated heterocycles. The molecule has 0 aliphatic carbocycles. The van der Waals surface area contributed by atoms with Gasteiger partial charge in [-0.3, -0.25) is 0 Å². The topological polar surface area (TPSA) is 46.5 Å². The quantitative estimate of drug-likeness (QED) is 0.649. The lowest BCUT2D eigenvalue weighted by atomic mass is 10.1. The summed E-state index contributed by atoms with van der Waals surface area (Å²) in [4.78, 5) is 10.8. The number of methoxy groups -OCH3 is 1. The largest absolute Gasteiger partial charge is 0.490 e. The van der Waals surface area contributed by atoms with Crippen LogP contribution in [0.4, 0.5) is 0 Å². The molecule has 1 N–H and O–H groups in total. The fourth-order valence-electron chi connectivity index (χ4n) is 1.66. The molecule has 3 heteroatoms. The first kappa shape index (κ1) is 11.2. The van der Waals surface area contributed by atoms with Crippen molar-refractivity contribution in [2.24, 2.45) is 0 Å². The molecule has 0 aliphatic heterocycles. The average Bonchev–Trinajstić information content (AvgIpc) is 2.35. The minimum Gasteiger partial charge on any atom is -0.490 e. The molecule has 2 aromatic rings. The summed E-state index contributed by atoms with van der Waals surface area (Å²) in [7, 11) is 1.35. The van der Waals surface area contributed by atoms with Crippen LogP contribution in [0.5, 0.6) is 0 Å². The Balaban J connectivity index is 2.46. The van der Waals surface area contributed by atoms with Crippen LogP contribution >= 0.6 is 0 Å². The third-order valence-electron chi connectivity index (χ3n) is 2.50. The number of rotatable bonds is 3. The van der Waals surface area contributed by atoms with Gasteiger partial charge in [0.15, 0.2) is 0 Å². The minimum atomic E-state index is -1.07. The molecule has 0 saturated carbocycles. The number of aliphatic carboxylic acids is 1. The van der Waals surface area contributed by atoms with Crippen molar-refractivity contribution < 1.29 is 14.6 Å². The molecule has 0 spiro atoms. The lowest BCUT2D eigenvalue weighted by Crippen LogP contribution is -2.01. The van der Waals surface area contributed by atoms with Gasteiger partial charge in [-0.2, -0.15) is 0 Å². The standard InChI is InChI=1S/C14H12O3/c1-17-13(14(15)16)9-10-6-7-11-4-2-3-5-12(11)8-10/h2-9H,1H3,(H,15,16)/b13-9-. The average molecular weight is 228 g/mol. The molecule has 86 valence electrons. The molecule has 3 nitrogen and oxygen atoms in total. The van der Waals surface area contributed by atoms with Gasteiger partial charge in [-0.1, -0.05) is 36.4 Å². The predicted octanol–water partition coefficient (Wildman–Crippen LogP) is 2.91. The molecule has 0 aliphatic rings. The molecular formula is C14H12O3. The smallest absolute Gasteiger partial charge is 0.371 e. The van der Waals surface area contributed by atoms with Crippen molar-refractivity contribution in [3.8, 4) is 0 Å². The predicted molar refractivity (Wildman–Crippen MR) is 66.6 cm³/mol. The maximum absolute atomic E-state index is 10.8. The van der Waals surface area contributed by atoms with Gasteiger partial charge in [-0.15, -0.1) is 0 Å². The van der Waals surface area contributed by atoms with Gasteiger partial charge in [0, 0.05) is 0 Å². The van der Waals surface area contributed by atoms with Crippen LogP contribution < -0.4 is 0 Å². The summed E-state index contributed by atoms with van der Waals surface area (Å²) < 4.78 is 4.79. The highest BCUT2D eigenvalue weighted by molar-refractivity contribution is 5.91. The van der Waals surface area contributed by atoms with Crippen LogP contribution in [0.2, 0.25) is 0 Å². The lowest BCUT2D eigenvalue weighted by Gasteiger charge is -2.02. The number of carbonyl (C=O) groups is 1. The Hall–Kier alpha value is -2.29. The molecule has 0 radical (unpaired) electrons. The Kier molecular flexibility index (Phi) is 3.10. The van der Waals surface area contributed by atoms with Crippen LogP contribution in [-0.4, -0.2) is 18.2 Å². The number of ether oxygens (including phenoxy) is 1. The summed E-state index contributed by atoms with van der Waals surface area (Å²) in [5, 5.41) is 11.0. The molecule has 2 aromatic carbocycles. The second-order valence-corrected chi connectivity index (χ2v) is 3.62. The van der Waals surface area contributed by atoms with Gasteiger partial charge in [0.25, 0.3) is 0 Å². The van der Waals surface area contributed by atoms with Gasteiger partial charge in [0.1, 0.15) is 0 Å². The number of benzene rings is 2. The Labute approximate surface area is 99.0 Å². The summed E-state index contributed by atoms with van der Waals surface area (Å²) in [6.45, 7) is 0. The monoisotopic (exact) mass is 228 g/mol.